The molecule has 51 heavy (non-hydrogen) atoms. The lowest BCUT2D eigenvalue weighted by Gasteiger charge is -2.36. The normalized spacial score (nSPS) is 13.9. The molecule has 2 atom stereocenters. The van der Waals surface area contributed by atoms with E-state index in [9.17, 15) is 9.59 Å². The summed E-state index contributed by atoms with van der Waals surface area (Å²) in [5.41, 5.74) is 6.36. The number of aryl methyl sites for hydroxylation is 1. The van der Waals surface area contributed by atoms with Gasteiger partial charge in [-0.25, -0.2) is 4.79 Å². The van der Waals surface area contributed by atoms with Gasteiger partial charge in [-0.15, -0.1) is 0 Å². The first kappa shape index (κ1) is 35.9. The van der Waals surface area contributed by atoms with Crippen LogP contribution in [0.4, 0.5) is 4.79 Å². The highest BCUT2D eigenvalue weighted by atomic mass is 35.5. The van der Waals surface area contributed by atoms with Crippen molar-refractivity contribution >= 4 is 23.7 Å². The van der Waals surface area contributed by atoms with Crippen LogP contribution >= 0.6 is 11.6 Å². The molecule has 0 spiro atoms. The summed E-state index contributed by atoms with van der Waals surface area (Å²) in [6.07, 6.45) is 0.0664. The van der Waals surface area contributed by atoms with Crippen LogP contribution in [0.15, 0.2) is 127 Å². The molecule has 0 saturated carbocycles. The minimum atomic E-state index is -1.36. The van der Waals surface area contributed by atoms with Crippen LogP contribution in [0.5, 0.6) is 0 Å². The molecule has 1 unspecified atom stereocenters. The van der Waals surface area contributed by atoms with E-state index in [0.717, 1.165) is 45.4 Å². The Hall–Kier alpha value is -4.91. The molecular weight excluding hydrogens is 658 g/mol. The molecule has 1 amide bonds. The lowest BCUT2D eigenvalue weighted by molar-refractivity contribution is -0.154. The van der Waals surface area contributed by atoms with Gasteiger partial charge in [-0.3, -0.25) is 4.79 Å². The monoisotopic (exact) mass is 701 g/mol. The Bertz CT molecular complexity index is 1900. The van der Waals surface area contributed by atoms with E-state index in [-0.39, 0.29) is 25.6 Å². The van der Waals surface area contributed by atoms with Crippen LogP contribution in [0.2, 0.25) is 5.02 Å². The standard InChI is InChI=1S/C44H44ClNO5/c1-30(2)25-26-49-28-34(46-43(48)50-29-39-37-17-9-7-15-35(37)36-16-8-10-18-38(36)39)27-42(47)51-44(32-13-5-4-6-14-32,33-23-21-31(3)22-24-33)40-19-11-12-20-41(40)45/h4-24,30,34,39H,25-29H2,1-3H3,(H,46,48)/t34-,44?/m0/s1. The van der Waals surface area contributed by atoms with Gasteiger partial charge < -0.3 is 19.5 Å². The van der Waals surface area contributed by atoms with E-state index in [2.05, 4.69) is 43.4 Å². The van der Waals surface area contributed by atoms with Crippen molar-refractivity contribution in [2.24, 2.45) is 5.92 Å². The van der Waals surface area contributed by atoms with E-state index in [1.807, 2.05) is 104 Å². The number of ether oxygens (including phenoxy) is 3. The fourth-order valence-corrected chi connectivity index (χ4v) is 7.04. The van der Waals surface area contributed by atoms with E-state index in [4.69, 9.17) is 25.8 Å². The topological polar surface area (TPSA) is 73.9 Å². The summed E-state index contributed by atoms with van der Waals surface area (Å²) in [5.74, 6) is -0.179. The molecule has 0 saturated heterocycles. The van der Waals surface area contributed by atoms with Crippen LogP contribution in [0.1, 0.15) is 66.0 Å². The van der Waals surface area contributed by atoms with Gasteiger partial charge in [0.25, 0.3) is 0 Å². The molecule has 0 heterocycles. The maximum absolute atomic E-state index is 14.2. The van der Waals surface area contributed by atoms with Gasteiger partial charge in [-0.2, -0.15) is 0 Å². The molecule has 5 aromatic carbocycles. The van der Waals surface area contributed by atoms with Gasteiger partial charge in [0, 0.05) is 34.2 Å². The van der Waals surface area contributed by atoms with E-state index in [0.29, 0.717) is 23.1 Å². The van der Waals surface area contributed by atoms with Crippen LogP contribution in [0.25, 0.3) is 11.1 Å². The number of halogens is 1. The molecule has 0 aliphatic heterocycles. The van der Waals surface area contributed by atoms with Crippen LogP contribution in [0.3, 0.4) is 0 Å². The minimum absolute atomic E-state index is 0.0922. The van der Waals surface area contributed by atoms with Gasteiger partial charge in [-0.05, 0) is 47.6 Å². The molecule has 262 valence electrons. The predicted molar refractivity (Wildman–Crippen MR) is 202 cm³/mol. The Morgan fingerprint density at radius 1 is 0.765 bits per heavy atom. The molecule has 1 aliphatic carbocycles. The van der Waals surface area contributed by atoms with Crippen molar-refractivity contribution in [1.82, 2.24) is 5.32 Å². The smallest absolute Gasteiger partial charge is 0.407 e. The summed E-state index contributed by atoms with van der Waals surface area (Å²) in [6, 6.07) is 40.6. The number of carbonyl (C=O) groups excluding carboxylic acids is 2. The lowest BCUT2D eigenvalue weighted by atomic mass is 9.79. The number of alkyl carbamates (subject to hydrolysis) is 1. The average molecular weight is 702 g/mol. The third-order valence-corrected chi connectivity index (χ3v) is 9.73. The highest BCUT2D eigenvalue weighted by Crippen LogP contribution is 2.45. The zero-order chi connectivity index (χ0) is 35.8. The third-order valence-electron chi connectivity index (χ3n) is 9.40. The van der Waals surface area contributed by atoms with Crippen LogP contribution in [-0.2, 0) is 24.6 Å². The number of fused-ring (bicyclic) bond motifs is 3. The van der Waals surface area contributed by atoms with Crippen molar-refractivity contribution in [3.63, 3.8) is 0 Å². The van der Waals surface area contributed by atoms with Crippen LogP contribution < -0.4 is 5.32 Å². The molecule has 1 aliphatic rings. The molecule has 0 fully saturated rings. The van der Waals surface area contributed by atoms with Gasteiger partial charge in [0.15, 0.2) is 5.60 Å². The number of rotatable bonds is 14. The van der Waals surface area contributed by atoms with Gasteiger partial charge >= 0.3 is 12.1 Å². The fraction of sp³-hybridized carbons (Fsp3) is 0.273. The van der Waals surface area contributed by atoms with Crippen LogP contribution in [-0.4, -0.2) is 37.9 Å². The Morgan fingerprint density at radius 3 is 2.00 bits per heavy atom. The van der Waals surface area contributed by atoms with Crippen molar-refractivity contribution in [2.75, 3.05) is 19.8 Å². The second-order valence-corrected chi connectivity index (χ2v) is 13.9. The van der Waals surface area contributed by atoms with Crippen molar-refractivity contribution in [3.05, 3.63) is 166 Å². The van der Waals surface area contributed by atoms with E-state index in [1.165, 1.54) is 0 Å². The SMILES string of the molecule is Cc1ccc(C(OC(=O)C[C@@H](COCCC(C)C)NC(=O)OCC2c3ccccc3-c3ccccc32)(c2ccccc2)c2ccccc2Cl)cc1. The zero-order valence-corrected chi connectivity index (χ0v) is 30.1. The maximum Gasteiger partial charge on any atom is 0.407 e. The highest BCUT2D eigenvalue weighted by molar-refractivity contribution is 6.31. The number of nitrogens with one attached hydrogen (secondary N) is 1. The number of hydrogen-bond acceptors (Lipinski definition) is 5. The summed E-state index contributed by atoms with van der Waals surface area (Å²) in [7, 11) is 0. The molecule has 6 nitrogen and oxygen atoms in total. The number of benzene rings is 5. The molecule has 1 N–H and O–H groups in total. The van der Waals surface area contributed by atoms with Gasteiger partial charge in [-0.1, -0.05) is 152 Å². The summed E-state index contributed by atoms with van der Waals surface area (Å²) in [5, 5.41) is 3.38. The first-order valence-corrected chi connectivity index (χ1v) is 17.9. The van der Waals surface area contributed by atoms with Crippen molar-refractivity contribution in [1.29, 1.82) is 0 Å². The first-order chi connectivity index (χ1) is 24.8. The number of hydrogen-bond donors (Lipinski definition) is 1. The first-order valence-electron chi connectivity index (χ1n) is 17.5. The maximum atomic E-state index is 14.2. The lowest BCUT2D eigenvalue weighted by Crippen LogP contribution is -2.43. The highest BCUT2D eigenvalue weighted by Gasteiger charge is 2.42. The summed E-state index contributed by atoms with van der Waals surface area (Å²) in [4.78, 5) is 27.6. The van der Waals surface area contributed by atoms with E-state index < -0.39 is 23.7 Å². The number of esters is 1. The number of amides is 1. The largest absolute Gasteiger partial charge is 0.449 e. The second-order valence-electron chi connectivity index (χ2n) is 13.5. The predicted octanol–water partition coefficient (Wildman–Crippen LogP) is 9.84. The molecule has 0 radical (unpaired) electrons. The quantitative estimate of drug-likeness (QED) is 0.0709. The minimum Gasteiger partial charge on any atom is -0.449 e. The van der Waals surface area contributed by atoms with Crippen molar-refractivity contribution in [3.8, 4) is 11.1 Å². The van der Waals surface area contributed by atoms with Crippen LogP contribution in [0, 0.1) is 12.8 Å². The molecule has 7 heteroatoms. The second kappa shape index (κ2) is 16.4. The van der Waals surface area contributed by atoms with Gasteiger partial charge in [0.1, 0.15) is 6.61 Å². The van der Waals surface area contributed by atoms with Gasteiger partial charge in [0.05, 0.1) is 19.1 Å². The molecule has 6 rings (SSSR count). The molecule has 0 bridgehead atoms. The molecular formula is C44H44ClNO5. The Kier molecular flexibility index (Phi) is 11.5. The summed E-state index contributed by atoms with van der Waals surface area (Å²) < 4.78 is 18.5. The summed E-state index contributed by atoms with van der Waals surface area (Å²) >= 11 is 6.87. The summed E-state index contributed by atoms with van der Waals surface area (Å²) in [6.45, 7) is 7.01. The third kappa shape index (κ3) is 8.19. The van der Waals surface area contributed by atoms with E-state index >= 15 is 0 Å². The van der Waals surface area contributed by atoms with E-state index in [1.54, 1.807) is 6.07 Å². The zero-order valence-electron chi connectivity index (χ0n) is 29.3. The Balaban J connectivity index is 1.24. The van der Waals surface area contributed by atoms with Crippen molar-refractivity contribution < 1.29 is 23.8 Å². The molecule has 5 aromatic rings. The Morgan fingerprint density at radius 2 is 1.35 bits per heavy atom. The molecule has 0 aromatic heterocycles. The average Bonchev–Trinajstić information content (AvgIpc) is 3.46. The number of carbonyl (C=O) groups is 2. The van der Waals surface area contributed by atoms with Crippen molar-refractivity contribution in [2.45, 2.75) is 51.2 Å². The Labute approximate surface area is 305 Å². The van der Waals surface area contributed by atoms with Gasteiger partial charge in [0.2, 0.25) is 0 Å². The fourth-order valence-electron chi connectivity index (χ4n) is 6.77.